The van der Waals surface area contributed by atoms with Crippen LogP contribution in [0.3, 0.4) is 0 Å². The van der Waals surface area contributed by atoms with Gasteiger partial charge in [-0.25, -0.2) is 4.98 Å². The van der Waals surface area contributed by atoms with Crippen LogP contribution in [0.5, 0.6) is 0 Å². The quantitative estimate of drug-likeness (QED) is 0.385. The summed E-state index contributed by atoms with van der Waals surface area (Å²) in [5.41, 5.74) is 2.22. The topological polar surface area (TPSA) is 70.5 Å². The van der Waals surface area contributed by atoms with Crippen LogP contribution in [0.1, 0.15) is 22.7 Å². The first kappa shape index (κ1) is 18.4. The molecule has 4 rings (SSSR count). The van der Waals surface area contributed by atoms with Crippen molar-refractivity contribution in [2.75, 3.05) is 4.90 Å². The molecular weight excluding hydrogens is 396 g/mol. The average Bonchev–Trinajstić information content (AvgIpc) is 3.30. The molecule has 3 aromatic rings. The van der Waals surface area contributed by atoms with E-state index >= 15 is 0 Å². The molecular formula is C21H15ClN2O3S. The van der Waals surface area contributed by atoms with Gasteiger partial charge in [0.2, 0.25) is 0 Å². The zero-order valence-electron chi connectivity index (χ0n) is 14.8. The molecule has 1 N–H and O–H groups in total. The Morgan fingerprint density at radius 1 is 1.11 bits per heavy atom. The predicted molar refractivity (Wildman–Crippen MR) is 110 cm³/mol. The summed E-state index contributed by atoms with van der Waals surface area (Å²) in [6.07, 6.45) is 1.57. The van der Waals surface area contributed by atoms with Gasteiger partial charge in [-0.05, 0) is 36.8 Å². The van der Waals surface area contributed by atoms with Gasteiger partial charge in [0.15, 0.2) is 5.13 Å². The van der Waals surface area contributed by atoms with Gasteiger partial charge in [-0.3, -0.25) is 14.5 Å². The number of carbonyl (C=O) groups excluding carboxylic acids is 2. The first-order valence-electron chi connectivity index (χ1n) is 8.50. The molecule has 1 atom stereocenters. The summed E-state index contributed by atoms with van der Waals surface area (Å²) in [6, 6.07) is 13.2. The second-order valence-corrected chi connectivity index (χ2v) is 7.71. The van der Waals surface area contributed by atoms with Gasteiger partial charge in [0.05, 0.1) is 11.6 Å². The highest BCUT2D eigenvalue weighted by molar-refractivity contribution is 7.14. The van der Waals surface area contributed by atoms with E-state index in [0.717, 1.165) is 11.1 Å². The number of Topliss-reactive ketones (excluding diaryl/α,β-unsaturated/α-hetero) is 1. The van der Waals surface area contributed by atoms with E-state index in [-0.39, 0.29) is 11.3 Å². The summed E-state index contributed by atoms with van der Waals surface area (Å²) >= 11 is 7.18. The second kappa shape index (κ2) is 7.22. The van der Waals surface area contributed by atoms with Crippen molar-refractivity contribution in [2.24, 2.45) is 0 Å². The molecule has 0 spiro atoms. The van der Waals surface area contributed by atoms with Crippen LogP contribution in [0.15, 0.2) is 65.7 Å². The Kier molecular flexibility index (Phi) is 4.75. The molecule has 0 aliphatic carbocycles. The van der Waals surface area contributed by atoms with Gasteiger partial charge in [0.25, 0.3) is 5.78 Å². The van der Waals surface area contributed by atoms with Crippen molar-refractivity contribution in [1.29, 1.82) is 0 Å². The lowest BCUT2D eigenvalue weighted by atomic mass is 9.95. The number of aromatic nitrogens is 1. The van der Waals surface area contributed by atoms with Crippen molar-refractivity contribution < 1.29 is 14.7 Å². The van der Waals surface area contributed by atoms with Crippen LogP contribution >= 0.6 is 22.9 Å². The Morgan fingerprint density at radius 3 is 2.39 bits per heavy atom. The Labute approximate surface area is 170 Å². The maximum Gasteiger partial charge on any atom is 0.301 e. The predicted octanol–water partition coefficient (Wildman–Crippen LogP) is 4.73. The van der Waals surface area contributed by atoms with E-state index in [9.17, 15) is 14.7 Å². The minimum absolute atomic E-state index is 0.0337. The molecule has 28 heavy (non-hydrogen) atoms. The third-order valence-electron chi connectivity index (χ3n) is 4.58. The Hall–Kier alpha value is -2.96. The van der Waals surface area contributed by atoms with Gasteiger partial charge >= 0.3 is 5.91 Å². The van der Waals surface area contributed by atoms with Crippen LogP contribution in [0.4, 0.5) is 5.13 Å². The summed E-state index contributed by atoms with van der Waals surface area (Å²) in [4.78, 5) is 31.3. The van der Waals surface area contributed by atoms with E-state index in [1.54, 1.807) is 35.8 Å². The second-order valence-electron chi connectivity index (χ2n) is 6.40. The number of hydrogen-bond donors (Lipinski definition) is 1. The minimum Gasteiger partial charge on any atom is -0.507 e. The number of thiazole rings is 1. The number of carbonyl (C=O) groups is 2. The fourth-order valence-electron chi connectivity index (χ4n) is 3.19. The first-order chi connectivity index (χ1) is 13.5. The highest BCUT2D eigenvalue weighted by Gasteiger charge is 2.47. The molecule has 1 aromatic heterocycles. The molecule has 1 aliphatic rings. The van der Waals surface area contributed by atoms with Crippen LogP contribution in [0, 0.1) is 6.92 Å². The maximum atomic E-state index is 12.9. The van der Waals surface area contributed by atoms with E-state index in [1.165, 1.54) is 16.2 Å². The van der Waals surface area contributed by atoms with E-state index in [4.69, 9.17) is 11.6 Å². The van der Waals surface area contributed by atoms with Gasteiger partial charge in [0.1, 0.15) is 5.76 Å². The summed E-state index contributed by atoms with van der Waals surface area (Å²) in [7, 11) is 0. The molecule has 140 valence electrons. The third kappa shape index (κ3) is 3.10. The monoisotopic (exact) mass is 410 g/mol. The van der Waals surface area contributed by atoms with Crippen molar-refractivity contribution >= 4 is 45.5 Å². The summed E-state index contributed by atoms with van der Waals surface area (Å²) in [6.45, 7) is 1.95. The lowest BCUT2D eigenvalue weighted by Crippen LogP contribution is -2.29. The van der Waals surface area contributed by atoms with Crippen LogP contribution in [0.25, 0.3) is 5.76 Å². The van der Waals surface area contributed by atoms with Gasteiger partial charge in [-0.15, -0.1) is 11.3 Å². The SMILES string of the molecule is Cc1ccc(C2C(=C(O)c3ccc(Cl)cc3)C(=O)C(=O)N2c2nccs2)cc1. The summed E-state index contributed by atoms with van der Waals surface area (Å²) in [5.74, 6) is -1.69. The highest BCUT2D eigenvalue weighted by atomic mass is 35.5. The molecule has 1 unspecified atom stereocenters. The van der Waals surface area contributed by atoms with Gasteiger partial charge in [-0.2, -0.15) is 0 Å². The van der Waals surface area contributed by atoms with Crippen molar-refractivity contribution in [3.63, 3.8) is 0 Å². The normalized spacial score (nSPS) is 18.6. The van der Waals surface area contributed by atoms with Crippen molar-refractivity contribution in [2.45, 2.75) is 13.0 Å². The summed E-state index contributed by atoms with van der Waals surface area (Å²) < 4.78 is 0. The number of halogens is 1. The van der Waals surface area contributed by atoms with Gasteiger partial charge in [0, 0.05) is 22.2 Å². The molecule has 2 aromatic carbocycles. The molecule has 0 bridgehead atoms. The number of amides is 1. The van der Waals surface area contributed by atoms with E-state index < -0.39 is 17.7 Å². The van der Waals surface area contributed by atoms with Crippen LogP contribution in [0.2, 0.25) is 5.02 Å². The zero-order chi connectivity index (χ0) is 19.8. The number of hydrogen-bond acceptors (Lipinski definition) is 5. The summed E-state index contributed by atoms with van der Waals surface area (Å²) in [5, 5.41) is 13.6. The zero-order valence-corrected chi connectivity index (χ0v) is 16.4. The first-order valence-corrected chi connectivity index (χ1v) is 9.76. The fraction of sp³-hybridized carbons (Fsp3) is 0.0952. The number of aryl methyl sites for hydroxylation is 1. The fourth-order valence-corrected chi connectivity index (χ4v) is 3.99. The van der Waals surface area contributed by atoms with E-state index in [0.29, 0.717) is 15.7 Å². The standard InChI is InChI=1S/C21H15ClN2O3S/c1-12-2-4-13(5-3-12)17-16(18(25)14-6-8-15(22)9-7-14)19(26)20(27)24(17)21-23-10-11-28-21/h2-11,17,25H,1H3. The van der Waals surface area contributed by atoms with Crippen molar-refractivity contribution in [1.82, 2.24) is 4.98 Å². The molecule has 7 heteroatoms. The third-order valence-corrected chi connectivity index (χ3v) is 5.60. The Bertz CT molecular complexity index is 1070. The van der Waals surface area contributed by atoms with E-state index in [2.05, 4.69) is 4.98 Å². The Morgan fingerprint density at radius 2 is 1.79 bits per heavy atom. The highest BCUT2D eigenvalue weighted by Crippen LogP contribution is 2.42. The number of nitrogens with zero attached hydrogens (tertiary/aromatic N) is 2. The largest absolute Gasteiger partial charge is 0.507 e. The number of aliphatic hydroxyl groups is 1. The molecule has 0 saturated carbocycles. The molecule has 2 heterocycles. The van der Waals surface area contributed by atoms with Crippen LogP contribution in [-0.4, -0.2) is 21.8 Å². The van der Waals surface area contributed by atoms with E-state index in [1.807, 2.05) is 31.2 Å². The van der Waals surface area contributed by atoms with Crippen molar-refractivity contribution in [3.8, 4) is 0 Å². The number of ketones is 1. The lowest BCUT2D eigenvalue weighted by Gasteiger charge is -2.23. The lowest BCUT2D eigenvalue weighted by molar-refractivity contribution is -0.132. The molecule has 0 radical (unpaired) electrons. The molecule has 5 nitrogen and oxygen atoms in total. The average molecular weight is 411 g/mol. The smallest absolute Gasteiger partial charge is 0.301 e. The Balaban J connectivity index is 1.93. The number of rotatable bonds is 3. The number of anilines is 1. The van der Waals surface area contributed by atoms with Gasteiger partial charge < -0.3 is 5.11 Å². The van der Waals surface area contributed by atoms with Gasteiger partial charge in [-0.1, -0.05) is 41.4 Å². The number of aliphatic hydroxyl groups excluding tert-OH is 1. The maximum absolute atomic E-state index is 12.9. The molecule has 1 fully saturated rings. The minimum atomic E-state index is -0.762. The van der Waals surface area contributed by atoms with Crippen molar-refractivity contribution in [3.05, 3.63) is 87.4 Å². The molecule has 1 amide bonds. The molecule has 1 aliphatic heterocycles. The van der Waals surface area contributed by atoms with Crippen LogP contribution in [-0.2, 0) is 9.59 Å². The number of benzene rings is 2. The molecule has 1 saturated heterocycles. The van der Waals surface area contributed by atoms with Crippen LogP contribution < -0.4 is 4.90 Å².